The van der Waals surface area contributed by atoms with E-state index in [0.717, 1.165) is 0 Å². The van der Waals surface area contributed by atoms with E-state index in [4.69, 9.17) is 4.74 Å². The van der Waals surface area contributed by atoms with Gasteiger partial charge < -0.3 is 4.74 Å². The molecule has 2 atom stereocenters. The van der Waals surface area contributed by atoms with Crippen molar-refractivity contribution in [1.29, 1.82) is 0 Å². The van der Waals surface area contributed by atoms with E-state index in [1.165, 1.54) is 5.57 Å². The maximum absolute atomic E-state index is 5.48. The summed E-state index contributed by atoms with van der Waals surface area (Å²) in [6, 6.07) is 0. The topological polar surface area (TPSA) is 9.23 Å². The van der Waals surface area contributed by atoms with E-state index in [1.54, 1.807) is 7.11 Å². The molecule has 12 heavy (non-hydrogen) atoms. The number of hydrogen-bond donors (Lipinski definition) is 0. The Balaban J connectivity index is 4.45. The summed E-state index contributed by atoms with van der Waals surface area (Å²) in [5.74, 6) is 0.426. The molecule has 0 unspecified atom stereocenters. The van der Waals surface area contributed by atoms with Gasteiger partial charge in [0.1, 0.15) is 0 Å². The molecule has 0 N–H and O–H groups in total. The first kappa shape index (κ1) is 11.7. The van der Waals surface area contributed by atoms with Crippen LogP contribution in [0.5, 0.6) is 0 Å². The first-order chi connectivity index (χ1) is 5.30. The predicted molar refractivity (Wildman–Crippen MR) is 54.2 cm³/mol. The summed E-state index contributed by atoms with van der Waals surface area (Å²) in [7, 11) is 1.77. The minimum atomic E-state index is 0.188. The van der Waals surface area contributed by atoms with Crippen LogP contribution in [0.25, 0.3) is 0 Å². The van der Waals surface area contributed by atoms with Crippen molar-refractivity contribution in [3.63, 3.8) is 0 Å². The number of hydrogen-bond acceptors (Lipinski definition) is 1. The van der Waals surface area contributed by atoms with E-state index < -0.39 is 0 Å². The first-order valence-electron chi connectivity index (χ1n) is 4.49. The van der Waals surface area contributed by atoms with E-state index in [2.05, 4.69) is 41.2 Å². The fourth-order valence-corrected chi connectivity index (χ4v) is 1.57. The van der Waals surface area contributed by atoms with Gasteiger partial charge in [-0.25, -0.2) is 0 Å². The summed E-state index contributed by atoms with van der Waals surface area (Å²) in [5, 5.41) is 0. The van der Waals surface area contributed by atoms with Crippen LogP contribution in [0.15, 0.2) is 12.2 Å². The highest BCUT2D eigenvalue weighted by Gasteiger charge is 2.29. The van der Waals surface area contributed by atoms with Gasteiger partial charge in [0.25, 0.3) is 0 Å². The molecule has 0 aliphatic rings. The van der Waals surface area contributed by atoms with Crippen LogP contribution in [0.1, 0.15) is 34.6 Å². The predicted octanol–water partition coefficient (Wildman–Crippen LogP) is 3.26. The molecule has 0 heterocycles. The molecule has 0 aromatic carbocycles. The Bertz CT molecular complexity index is 153. The minimum Gasteiger partial charge on any atom is -0.380 e. The lowest BCUT2D eigenvalue weighted by molar-refractivity contribution is -0.0109. The van der Waals surface area contributed by atoms with E-state index in [1.807, 2.05) is 0 Å². The molecule has 1 heteroatoms. The molecule has 72 valence electrons. The third kappa shape index (κ3) is 2.98. The van der Waals surface area contributed by atoms with Crippen molar-refractivity contribution < 1.29 is 4.74 Å². The Morgan fingerprint density at radius 3 is 1.83 bits per heavy atom. The average molecular weight is 170 g/mol. The second-order valence-corrected chi connectivity index (χ2v) is 4.66. The van der Waals surface area contributed by atoms with Crippen LogP contribution in [-0.2, 0) is 4.74 Å². The Hall–Kier alpha value is -0.300. The number of methoxy groups -OCH3 is 1. The van der Waals surface area contributed by atoms with Gasteiger partial charge in [0.05, 0.1) is 6.10 Å². The van der Waals surface area contributed by atoms with Gasteiger partial charge in [0.15, 0.2) is 0 Å². The molecule has 1 nitrogen and oxygen atoms in total. The fraction of sp³-hybridized carbons (Fsp3) is 0.818. The molecule has 0 saturated carbocycles. The number of rotatable bonds is 3. The standard InChI is InChI=1S/C11H22O/c1-8(2)9(3)10(12-7)11(4,5)6/h9-10H,1H2,2-7H3/t9-,10+/m0/s1. The molecule has 0 aromatic rings. The normalized spacial score (nSPS) is 17.2. The van der Waals surface area contributed by atoms with Gasteiger partial charge >= 0.3 is 0 Å². The fourth-order valence-electron chi connectivity index (χ4n) is 1.57. The van der Waals surface area contributed by atoms with Crippen LogP contribution >= 0.6 is 0 Å². The van der Waals surface area contributed by atoms with E-state index >= 15 is 0 Å². The lowest BCUT2D eigenvalue weighted by Crippen LogP contribution is -2.34. The van der Waals surface area contributed by atoms with Crippen LogP contribution in [0, 0.1) is 11.3 Å². The average Bonchev–Trinajstić information content (AvgIpc) is 1.85. The zero-order valence-electron chi connectivity index (χ0n) is 9.27. The van der Waals surface area contributed by atoms with Crippen molar-refractivity contribution in [2.75, 3.05) is 7.11 Å². The molecule has 0 amide bonds. The molecule has 0 radical (unpaired) electrons. The lowest BCUT2D eigenvalue weighted by Gasteiger charge is -2.34. The molecule has 0 bridgehead atoms. The smallest absolute Gasteiger partial charge is 0.0681 e. The molecule has 0 aromatic heterocycles. The van der Waals surface area contributed by atoms with Gasteiger partial charge in [0, 0.05) is 13.0 Å². The van der Waals surface area contributed by atoms with Crippen molar-refractivity contribution in [2.45, 2.75) is 40.7 Å². The van der Waals surface area contributed by atoms with E-state index in [9.17, 15) is 0 Å². The second-order valence-electron chi connectivity index (χ2n) is 4.66. The molecule has 0 aliphatic heterocycles. The molecular formula is C11H22O. The highest BCUT2D eigenvalue weighted by atomic mass is 16.5. The van der Waals surface area contributed by atoms with Crippen molar-refractivity contribution in [3.8, 4) is 0 Å². The van der Waals surface area contributed by atoms with Crippen LogP contribution in [0.2, 0.25) is 0 Å². The van der Waals surface area contributed by atoms with E-state index in [0.29, 0.717) is 5.92 Å². The molecule has 0 aliphatic carbocycles. The summed E-state index contributed by atoms with van der Waals surface area (Å²) >= 11 is 0. The van der Waals surface area contributed by atoms with Gasteiger partial charge in [-0.3, -0.25) is 0 Å². The van der Waals surface area contributed by atoms with Crippen LogP contribution in [-0.4, -0.2) is 13.2 Å². The maximum Gasteiger partial charge on any atom is 0.0681 e. The van der Waals surface area contributed by atoms with E-state index in [-0.39, 0.29) is 11.5 Å². The van der Waals surface area contributed by atoms with Crippen molar-refractivity contribution >= 4 is 0 Å². The van der Waals surface area contributed by atoms with Gasteiger partial charge in [-0.1, -0.05) is 39.8 Å². The summed E-state index contributed by atoms with van der Waals surface area (Å²) in [5.41, 5.74) is 1.38. The van der Waals surface area contributed by atoms with Gasteiger partial charge in [0.2, 0.25) is 0 Å². The Morgan fingerprint density at radius 2 is 1.75 bits per heavy atom. The van der Waals surface area contributed by atoms with Crippen LogP contribution < -0.4 is 0 Å². The summed E-state index contributed by atoms with van der Waals surface area (Å²) in [4.78, 5) is 0. The molecule has 0 fully saturated rings. The highest BCUT2D eigenvalue weighted by molar-refractivity contribution is 5.00. The Kier molecular flexibility index (Phi) is 3.98. The zero-order chi connectivity index (χ0) is 9.94. The Labute approximate surface area is 76.8 Å². The maximum atomic E-state index is 5.48. The lowest BCUT2D eigenvalue weighted by atomic mass is 9.79. The third-order valence-electron chi connectivity index (χ3n) is 2.34. The quantitative estimate of drug-likeness (QED) is 0.591. The van der Waals surface area contributed by atoms with Gasteiger partial charge in [-0.15, -0.1) is 0 Å². The molecule has 0 spiro atoms. The summed E-state index contributed by atoms with van der Waals surface area (Å²) < 4.78 is 5.48. The first-order valence-corrected chi connectivity index (χ1v) is 4.49. The Morgan fingerprint density at radius 1 is 1.33 bits per heavy atom. The summed E-state index contributed by atoms with van der Waals surface area (Å²) in [6.45, 7) is 14.8. The van der Waals surface area contributed by atoms with Crippen LogP contribution in [0.3, 0.4) is 0 Å². The molecule has 0 saturated heterocycles. The SMILES string of the molecule is C=C(C)[C@H](C)[C@@H](OC)C(C)(C)C. The van der Waals surface area contributed by atoms with Gasteiger partial charge in [-0.05, 0) is 12.3 Å². The third-order valence-corrected chi connectivity index (χ3v) is 2.34. The second kappa shape index (κ2) is 4.08. The van der Waals surface area contributed by atoms with Gasteiger partial charge in [-0.2, -0.15) is 0 Å². The van der Waals surface area contributed by atoms with Crippen molar-refractivity contribution in [2.24, 2.45) is 11.3 Å². The zero-order valence-corrected chi connectivity index (χ0v) is 9.27. The van der Waals surface area contributed by atoms with Crippen molar-refractivity contribution in [1.82, 2.24) is 0 Å². The number of ether oxygens (including phenoxy) is 1. The van der Waals surface area contributed by atoms with Crippen LogP contribution in [0.4, 0.5) is 0 Å². The highest BCUT2D eigenvalue weighted by Crippen LogP contribution is 2.30. The largest absolute Gasteiger partial charge is 0.380 e. The summed E-state index contributed by atoms with van der Waals surface area (Å²) in [6.07, 6.45) is 0.259. The molecule has 0 rings (SSSR count). The minimum absolute atomic E-state index is 0.188. The van der Waals surface area contributed by atoms with Crippen molar-refractivity contribution in [3.05, 3.63) is 12.2 Å². The molecular weight excluding hydrogens is 148 g/mol. The monoisotopic (exact) mass is 170 g/mol.